The first-order chi connectivity index (χ1) is 9.88. The highest BCUT2D eigenvalue weighted by Gasteiger charge is 2.40. The minimum Gasteiger partial charge on any atom is -0.443 e. The molecule has 0 radical (unpaired) electrons. The van der Waals surface area contributed by atoms with E-state index in [-0.39, 0.29) is 18.7 Å². The lowest BCUT2D eigenvalue weighted by atomic mass is 10.2. The van der Waals surface area contributed by atoms with Gasteiger partial charge >= 0.3 is 6.09 Å². The molecule has 0 aromatic heterocycles. The zero-order chi connectivity index (χ0) is 15.6. The van der Waals surface area contributed by atoms with Gasteiger partial charge in [0.1, 0.15) is 23.1 Å². The van der Waals surface area contributed by atoms with Crippen molar-refractivity contribution in [2.75, 3.05) is 20.1 Å². The fraction of sp³-hybridized carbons (Fsp3) is 0.333. The maximum Gasteiger partial charge on any atom is 0.407 e. The number of carbonyl (C=O) groups is 2. The predicted molar refractivity (Wildman–Crippen MR) is 69.9 cm³/mol. The Hall–Kier alpha value is -2.00. The van der Waals surface area contributed by atoms with Crippen molar-refractivity contribution in [3.63, 3.8) is 0 Å². The van der Waals surface area contributed by atoms with Crippen LogP contribution in [0.2, 0.25) is 0 Å². The summed E-state index contributed by atoms with van der Waals surface area (Å²) in [5.41, 5.74) is 0.0636. The highest BCUT2D eigenvalue weighted by molar-refractivity contribution is 7.89. The maximum absolute atomic E-state index is 13.7. The summed E-state index contributed by atoms with van der Waals surface area (Å²) < 4.78 is 43.9. The Morgan fingerprint density at radius 3 is 2.71 bits per heavy atom. The number of carbonyl (C=O) groups excluding carboxylic acids is 2. The Morgan fingerprint density at radius 2 is 2.14 bits per heavy atom. The molecule has 0 bridgehead atoms. The largest absolute Gasteiger partial charge is 0.443 e. The quantitative estimate of drug-likeness (QED) is 0.810. The van der Waals surface area contributed by atoms with Crippen LogP contribution in [0.4, 0.5) is 9.18 Å². The molecule has 0 aliphatic carbocycles. The van der Waals surface area contributed by atoms with Gasteiger partial charge in [-0.15, -0.1) is 0 Å². The first-order valence-corrected chi connectivity index (χ1v) is 7.45. The van der Waals surface area contributed by atoms with Crippen molar-refractivity contribution in [2.45, 2.75) is 11.0 Å². The number of hydrogen-bond acceptors (Lipinski definition) is 5. The molecule has 1 fully saturated rings. The summed E-state index contributed by atoms with van der Waals surface area (Å²) in [4.78, 5) is 21.1. The van der Waals surface area contributed by atoms with Crippen molar-refractivity contribution >= 4 is 22.4 Å². The molecule has 1 amide bonds. The number of ether oxygens (including phenoxy) is 1. The van der Waals surface area contributed by atoms with Crippen LogP contribution in [-0.4, -0.2) is 51.3 Å². The van der Waals surface area contributed by atoms with Crippen molar-refractivity contribution in [2.24, 2.45) is 0 Å². The van der Waals surface area contributed by atoms with Crippen LogP contribution in [0.1, 0.15) is 10.4 Å². The van der Waals surface area contributed by atoms with E-state index < -0.39 is 32.9 Å². The molecule has 114 valence electrons. The first kappa shape index (κ1) is 15.4. The third-order valence-electron chi connectivity index (χ3n) is 3.00. The van der Waals surface area contributed by atoms with Gasteiger partial charge in [-0.3, -0.25) is 4.79 Å². The normalized spacial score (nSPS) is 16.1. The molecule has 21 heavy (non-hydrogen) atoms. The number of alkyl carbamates (subject to hydrolysis) is 1. The van der Waals surface area contributed by atoms with Crippen LogP contribution in [-0.2, 0) is 14.8 Å². The Bertz CT molecular complexity index is 670. The van der Waals surface area contributed by atoms with E-state index in [0.29, 0.717) is 6.29 Å². The topological polar surface area (TPSA) is 92.8 Å². The number of benzene rings is 1. The summed E-state index contributed by atoms with van der Waals surface area (Å²) in [6.07, 6.45) is -0.797. The molecule has 1 aromatic carbocycles. The number of amides is 1. The summed E-state index contributed by atoms with van der Waals surface area (Å²) in [6, 6.07) is 3.09. The molecule has 1 heterocycles. The van der Waals surface area contributed by atoms with Crippen LogP contribution in [0.5, 0.6) is 0 Å². The zero-order valence-electron chi connectivity index (χ0n) is 11.1. The molecule has 0 atom stereocenters. The number of halogens is 1. The molecule has 1 N–H and O–H groups in total. The smallest absolute Gasteiger partial charge is 0.407 e. The lowest BCUT2D eigenvalue weighted by Gasteiger charge is -2.37. The predicted octanol–water partition coefficient (Wildman–Crippen LogP) is 0.367. The maximum atomic E-state index is 13.7. The van der Waals surface area contributed by atoms with Crippen LogP contribution in [0, 0.1) is 5.82 Å². The van der Waals surface area contributed by atoms with Crippen LogP contribution < -0.4 is 5.32 Å². The van der Waals surface area contributed by atoms with Gasteiger partial charge < -0.3 is 10.1 Å². The zero-order valence-corrected chi connectivity index (χ0v) is 11.9. The average molecular weight is 316 g/mol. The number of aldehydes is 1. The second-order valence-electron chi connectivity index (χ2n) is 4.41. The summed E-state index contributed by atoms with van der Waals surface area (Å²) in [5.74, 6) is -0.934. The summed E-state index contributed by atoms with van der Waals surface area (Å²) in [7, 11) is -2.67. The van der Waals surface area contributed by atoms with Gasteiger partial charge in [-0.2, -0.15) is 4.31 Å². The second kappa shape index (κ2) is 5.78. The minimum absolute atomic E-state index is 0.0550. The number of rotatable bonds is 4. The SMILES string of the molecule is CNC(=O)OC1CN(S(=O)(=O)c2cc(C=O)ccc2F)C1. The third-order valence-corrected chi connectivity index (χ3v) is 4.85. The molecule has 7 nitrogen and oxygen atoms in total. The minimum atomic E-state index is -4.05. The Labute approximate surface area is 120 Å². The number of sulfonamides is 1. The molecule has 1 aliphatic heterocycles. The van der Waals surface area contributed by atoms with E-state index in [1.807, 2.05) is 0 Å². The molecule has 1 aromatic rings. The van der Waals surface area contributed by atoms with Crippen LogP contribution >= 0.6 is 0 Å². The van der Waals surface area contributed by atoms with Crippen molar-refractivity contribution in [3.8, 4) is 0 Å². The lowest BCUT2D eigenvalue weighted by Crippen LogP contribution is -2.55. The monoisotopic (exact) mass is 316 g/mol. The van der Waals surface area contributed by atoms with E-state index in [1.165, 1.54) is 13.1 Å². The first-order valence-electron chi connectivity index (χ1n) is 6.01. The van der Waals surface area contributed by atoms with E-state index in [9.17, 15) is 22.4 Å². The molecule has 0 spiro atoms. The summed E-state index contributed by atoms with van der Waals surface area (Å²) in [6.45, 7) is -0.110. The molecule has 1 saturated heterocycles. The summed E-state index contributed by atoms with van der Waals surface area (Å²) in [5, 5.41) is 2.25. The van der Waals surface area contributed by atoms with Crippen molar-refractivity contribution < 1.29 is 27.1 Å². The highest BCUT2D eigenvalue weighted by atomic mass is 32.2. The molecule has 2 rings (SSSR count). The molecule has 1 aliphatic rings. The lowest BCUT2D eigenvalue weighted by molar-refractivity contribution is 0.0278. The van der Waals surface area contributed by atoms with Gasteiger partial charge in [-0.1, -0.05) is 0 Å². The number of hydrogen-bond donors (Lipinski definition) is 1. The fourth-order valence-corrected chi connectivity index (χ4v) is 3.41. The fourth-order valence-electron chi connectivity index (χ4n) is 1.81. The Morgan fingerprint density at radius 1 is 1.48 bits per heavy atom. The summed E-state index contributed by atoms with van der Waals surface area (Å²) >= 11 is 0. The standard InChI is InChI=1S/C12H13FN2O5S/c1-14-12(17)20-9-5-15(6-9)21(18,19)11-4-8(7-16)2-3-10(11)13/h2-4,7,9H,5-6H2,1H3,(H,14,17). The Kier molecular flexibility index (Phi) is 4.24. The Balaban J connectivity index is 2.14. The van der Waals surface area contributed by atoms with Crippen molar-refractivity contribution in [1.29, 1.82) is 0 Å². The van der Waals surface area contributed by atoms with E-state index >= 15 is 0 Å². The third kappa shape index (κ3) is 3.03. The van der Waals surface area contributed by atoms with Gasteiger partial charge in [-0.25, -0.2) is 17.6 Å². The number of nitrogens with one attached hydrogen (secondary N) is 1. The molecule has 0 saturated carbocycles. The van der Waals surface area contributed by atoms with E-state index in [0.717, 1.165) is 16.4 Å². The molecule has 0 unspecified atom stereocenters. The van der Waals surface area contributed by atoms with Gasteiger partial charge in [0.15, 0.2) is 0 Å². The second-order valence-corrected chi connectivity index (χ2v) is 6.31. The van der Waals surface area contributed by atoms with Crippen LogP contribution in [0.3, 0.4) is 0 Å². The van der Waals surface area contributed by atoms with E-state index in [2.05, 4.69) is 5.32 Å². The van der Waals surface area contributed by atoms with Gasteiger partial charge in [0, 0.05) is 12.6 Å². The van der Waals surface area contributed by atoms with E-state index in [4.69, 9.17) is 4.74 Å². The van der Waals surface area contributed by atoms with Crippen molar-refractivity contribution in [3.05, 3.63) is 29.6 Å². The van der Waals surface area contributed by atoms with Gasteiger partial charge in [0.25, 0.3) is 0 Å². The highest BCUT2D eigenvalue weighted by Crippen LogP contribution is 2.25. The van der Waals surface area contributed by atoms with Crippen LogP contribution in [0.25, 0.3) is 0 Å². The van der Waals surface area contributed by atoms with Crippen LogP contribution in [0.15, 0.2) is 23.1 Å². The molecule has 9 heteroatoms. The molecular formula is C12H13FN2O5S. The van der Waals surface area contributed by atoms with Crippen molar-refractivity contribution in [1.82, 2.24) is 9.62 Å². The average Bonchev–Trinajstić information content (AvgIpc) is 2.42. The van der Waals surface area contributed by atoms with Gasteiger partial charge in [-0.05, 0) is 18.2 Å². The van der Waals surface area contributed by atoms with E-state index in [1.54, 1.807) is 0 Å². The van der Waals surface area contributed by atoms with Gasteiger partial charge in [0.2, 0.25) is 10.0 Å². The molecular weight excluding hydrogens is 303 g/mol. The number of nitrogens with zero attached hydrogens (tertiary/aromatic N) is 1. The van der Waals surface area contributed by atoms with Gasteiger partial charge in [0.05, 0.1) is 13.1 Å².